The first-order valence-corrected chi connectivity index (χ1v) is 5.72. The van der Waals surface area contributed by atoms with Gasteiger partial charge in [0.15, 0.2) is 11.5 Å². The number of pyridine rings is 1. The zero-order valence-corrected chi connectivity index (χ0v) is 10.7. The summed E-state index contributed by atoms with van der Waals surface area (Å²) >= 11 is 0. The number of para-hydroxylation sites is 1. The van der Waals surface area contributed by atoms with Gasteiger partial charge in [-0.15, -0.1) is 0 Å². The second kappa shape index (κ2) is 5.39. The molecule has 0 spiro atoms. The van der Waals surface area contributed by atoms with E-state index in [0.717, 1.165) is 5.56 Å². The van der Waals surface area contributed by atoms with E-state index >= 15 is 0 Å². The first kappa shape index (κ1) is 12.9. The van der Waals surface area contributed by atoms with E-state index < -0.39 is 5.91 Å². The largest absolute Gasteiger partial charge is 0.504 e. The molecule has 5 heteroatoms. The fourth-order valence-corrected chi connectivity index (χ4v) is 1.66. The topological polar surface area (TPSA) is 71.5 Å². The Labute approximate surface area is 110 Å². The first-order chi connectivity index (χ1) is 9.13. The Bertz CT molecular complexity index is 611. The van der Waals surface area contributed by atoms with Gasteiger partial charge in [0.2, 0.25) is 0 Å². The molecular weight excluding hydrogens is 244 g/mol. The number of benzene rings is 1. The number of hydrogen-bond donors (Lipinski definition) is 2. The molecule has 1 aromatic carbocycles. The van der Waals surface area contributed by atoms with E-state index in [1.807, 2.05) is 13.0 Å². The molecule has 0 radical (unpaired) electrons. The van der Waals surface area contributed by atoms with Gasteiger partial charge < -0.3 is 15.2 Å². The van der Waals surface area contributed by atoms with Gasteiger partial charge in [-0.3, -0.25) is 4.79 Å². The van der Waals surface area contributed by atoms with Crippen molar-refractivity contribution in [3.05, 3.63) is 47.7 Å². The molecule has 2 rings (SSSR count). The summed E-state index contributed by atoms with van der Waals surface area (Å²) in [6, 6.07) is 8.37. The number of ether oxygens (including phenoxy) is 1. The number of nitrogens with zero attached hydrogens (tertiary/aromatic N) is 1. The van der Waals surface area contributed by atoms with Gasteiger partial charge in [-0.05, 0) is 30.7 Å². The summed E-state index contributed by atoms with van der Waals surface area (Å²) in [6.45, 7) is 1.84. The number of methoxy groups -OCH3 is 1. The molecule has 5 nitrogen and oxygen atoms in total. The average molecular weight is 258 g/mol. The second-order valence-electron chi connectivity index (χ2n) is 3.98. The van der Waals surface area contributed by atoms with Gasteiger partial charge in [0.05, 0.1) is 12.7 Å². The number of hydrogen-bond acceptors (Lipinski definition) is 4. The number of aryl methyl sites for hydroxylation is 1. The maximum Gasteiger partial charge on any atom is 0.260 e. The number of amides is 1. The predicted molar refractivity (Wildman–Crippen MR) is 71.6 cm³/mol. The van der Waals surface area contributed by atoms with Crippen molar-refractivity contribution in [1.29, 1.82) is 0 Å². The van der Waals surface area contributed by atoms with Crippen molar-refractivity contribution in [2.45, 2.75) is 6.92 Å². The van der Waals surface area contributed by atoms with Crippen LogP contribution < -0.4 is 10.1 Å². The van der Waals surface area contributed by atoms with Crippen LogP contribution in [0.5, 0.6) is 11.5 Å². The maximum absolute atomic E-state index is 12.1. The van der Waals surface area contributed by atoms with Gasteiger partial charge in [-0.2, -0.15) is 0 Å². The molecule has 1 amide bonds. The van der Waals surface area contributed by atoms with Crippen molar-refractivity contribution in [2.24, 2.45) is 0 Å². The summed E-state index contributed by atoms with van der Waals surface area (Å²) in [6.07, 6.45) is 1.59. The molecule has 2 N–H and O–H groups in total. The van der Waals surface area contributed by atoms with Crippen LogP contribution in [0.4, 0.5) is 5.82 Å². The van der Waals surface area contributed by atoms with Crippen LogP contribution in [0, 0.1) is 6.92 Å². The summed E-state index contributed by atoms with van der Waals surface area (Å²) in [5, 5.41) is 12.6. The van der Waals surface area contributed by atoms with Crippen molar-refractivity contribution in [1.82, 2.24) is 4.98 Å². The number of anilines is 1. The Morgan fingerprint density at radius 1 is 1.32 bits per heavy atom. The third-order valence-electron chi connectivity index (χ3n) is 2.70. The lowest BCUT2D eigenvalue weighted by atomic mass is 10.1. The van der Waals surface area contributed by atoms with Gasteiger partial charge in [-0.1, -0.05) is 12.1 Å². The smallest absolute Gasteiger partial charge is 0.260 e. The Balaban J connectivity index is 2.28. The van der Waals surface area contributed by atoms with E-state index in [1.54, 1.807) is 24.4 Å². The molecule has 1 heterocycles. The SMILES string of the molecule is COc1cccc(C(=O)Nc2ncccc2C)c1O. The molecule has 0 fully saturated rings. The zero-order valence-electron chi connectivity index (χ0n) is 10.7. The molecule has 0 saturated carbocycles. The molecule has 0 atom stereocenters. The van der Waals surface area contributed by atoms with E-state index in [1.165, 1.54) is 13.2 Å². The number of phenols is 1. The van der Waals surface area contributed by atoms with Gasteiger partial charge in [-0.25, -0.2) is 4.98 Å². The Morgan fingerprint density at radius 3 is 2.79 bits per heavy atom. The molecule has 0 aliphatic rings. The fraction of sp³-hybridized carbons (Fsp3) is 0.143. The third-order valence-corrected chi connectivity index (χ3v) is 2.70. The van der Waals surface area contributed by atoms with Crippen LogP contribution in [0.15, 0.2) is 36.5 Å². The highest BCUT2D eigenvalue weighted by Crippen LogP contribution is 2.29. The van der Waals surface area contributed by atoms with Crippen molar-refractivity contribution in [3.63, 3.8) is 0 Å². The molecule has 19 heavy (non-hydrogen) atoms. The average Bonchev–Trinajstić information content (AvgIpc) is 2.41. The zero-order chi connectivity index (χ0) is 13.8. The molecule has 98 valence electrons. The molecule has 0 aliphatic heterocycles. The summed E-state index contributed by atoms with van der Waals surface area (Å²) in [4.78, 5) is 16.2. The van der Waals surface area contributed by atoms with Gasteiger partial charge in [0.25, 0.3) is 5.91 Å². The van der Waals surface area contributed by atoms with Crippen molar-refractivity contribution < 1.29 is 14.6 Å². The molecule has 0 unspecified atom stereocenters. The summed E-state index contributed by atoms with van der Waals surface area (Å²) in [5.74, 6) is 0.106. The molecule has 0 saturated heterocycles. The monoisotopic (exact) mass is 258 g/mol. The summed E-state index contributed by atoms with van der Waals surface area (Å²) < 4.78 is 4.96. The standard InChI is InChI=1S/C14H14N2O3/c1-9-5-4-8-15-13(9)16-14(18)10-6-3-7-11(19-2)12(10)17/h3-8,17H,1-2H3,(H,15,16,18). The molecule has 2 aromatic rings. The maximum atomic E-state index is 12.1. The van der Waals surface area contributed by atoms with E-state index in [2.05, 4.69) is 10.3 Å². The van der Waals surface area contributed by atoms with Crippen LogP contribution in [-0.2, 0) is 0 Å². The number of carbonyl (C=O) groups excluding carboxylic acids is 1. The Hall–Kier alpha value is -2.56. The number of aromatic nitrogens is 1. The second-order valence-corrected chi connectivity index (χ2v) is 3.98. The highest BCUT2D eigenvalue weighted by atomic mass is 16.5. The van der Waals surface area contributed by atoms with E-state index in [9.17, 15) is 9.90 Å². The van der Waals surface area contributed by atoms with E-state index in [-0.39, 0.29) is 17.1 Å². The number of rotatable bonds is 3. The van der Waals surface area contributed by atoms with Crippen LogP contribution in [0.1, 0.15) is 15.9 Å². The van der Waals surface area contributed by atoms with Crippen LogP contribution in [0.3, 0.4) is 0 Å². The lowest BCUT2D eigenvalue weighted by molar-refractivity contribution is 0.102. The minimum absolute atomic E-state index is 0.143. The first-order valence-electron chi connectivity index (χ1n) is 5.72. The van der Waals surface area contributed by atoms with Crippen LogP contribution >= 0.6 is 0 Å². The van der Waals surface area contributed by atoms with Crippen LogP contribution in [-0.4, -0.2) is 23.1 Å². The van der Waals surface area contributed by atoms with Crippen molar-refractivity contribution in [3.8, 4) is 11.5 Å². The minimum atomic E-state index is -0.432. The predicted octanol–water partition coefficient (Wildman–Crippen LogP) is 2.36. The molecule has 0 aliphatic carbocycles. The number of aromatic hydroxyl groups is 1. The number of phenolic OH excluding ortho intramolecular Hbond substituents is 1. The fourth-order valence-electron chi connectivity index (χ4n) is 1.66. The van der Waals surface area contributed by atoms with E-state index in [0.29, 0.717) is 5.82 Å². The molecule has 1 aromatic heterocycles. The van der Waals surface area contributed by atoms with Gasteiger partial charge in [0, 0.05) is 6.20 Å². The normalized spacial score (nSPS) is 10.0. The highest BCUT2D eigenvalue weighted by molar-refractivity contribution is 6.06. The quantitative estimate of drug-likeness (QED) is 0.886. The van der Waals surface area contributed by atoms with Crippen molar-refractivity contribution in [2.75, 3.05) is 12.4 Å². The lowest BCUT2D eigenvalue weighted by Gasteiger charge is -2.10. The third kappa shape index (κ3) is 2.65. The van der Waals surface area contributed by atoms with E-state index in [4.69, 9.17) is 4.74 Å². The van der Waals surface area contributed by atoms with Gasteiger partial charge in [0.1, 0.15) is 5.82 Å². The summed E-state index contributed by atoms with van der Waals surface area (Å²) in [7, 11) is 1.43. The number of nitrogens with one attached hydrogen (secondary N) is 1. The van der Waals surface area contributed by atoms with Crippen LogP contribution in [0.2, 0.25) is 0 Å². The van der Waals surface area contributed by atoms with Gasteiger partial charge >= 0.3 is 0 Å². The molecule has 0 bridgehead atoms. The minimum Gasteiger partial charge on any atom is -0.504 e. The highest BCUT2D eigenvalue weighted by Gasteiger charge is 2.15. The molecular formula is C14H14N2O3. The summed E-state index contributed by atoms with van der Waals surface area (Å²) in [5.41, 5.74) is 0.989. The Morgan fingerprint density at radius 2 is 2.11 bits per heavy atom. The Kier molecular flexibility index (Phi) is 3.66. The number of carbonyl (C=O) groups is 1. The lowest BCUT2D eigenvalue weighted by Crippen LogP contribution is -2.14. The van der Waals surface area contributed by atoms with Crippen LogP contribution in [0.25, 0.3) is 0 Å². The van der Waals surface area contributed by atoms with Crippen molar-refractivity contribution >= 4 is 11.7 Å².